The van der Waals surface area contributed by atoms with Crippen LogP contribution in [0.4, 0.5) is 0 Å². The molecule has 0 saturated carbocycles. The van der Waals surface area contributed by atoms with E-state index in [0.717, 1.165) is 29.0 Å². The number of hydrogen-bond donors (Lipinski definition) is 2. The van der Waals surface area contributed by atoms with Gasteiger partial charge in [-0.3, -0.25) is 0 Å². The maximum absolute atomic E-state index is 4.54. The molecular weight excluding hydrogens is 206 g/mol. The number of aromatic nitrogens is 2. The molecule has 4 N–H and O–H groups in total. The predicted octanol–water partition coefficient (Wildman–Crippen LogP) is 1.60. The van der Waals surface area contributed by atoms with E-state index in [1.165, 1.54) is 0 Å². The summed E-state index contributed by atoms with van der Waals surface area (Å²) in [5.41, 5.74) is 6.27. The summed E-state index contributed by atoms with van der Waals surface area (Å²) in [6.45, 7) is 0. The molecule has 0 aliphatic carbocycles. The third-order valence-corrected chi connectivity index (χ3v) is 3.11. The summed E-state index contributed by atoms with van der Waals surface area (Å²) < 4.78 is 0. The molecule has 1 heterocycles. The second-order valence-electron chi connectivity index (χ2n) is 3.62. The number of H-pyrrole nitrogens is 1. The molecule has 3 nitrogen and oxygen atoms in total. The van der Waals surface area contributed by atoms with Crippen LogP contribution in [0.25, 0.3) is 11.0 Å². The number of benzene rings is 1. The number of rotatable bonds is 4. The molecule has 0 saturated heterocycles. The Morgan fingerprint density at radius 3 is 3.00 bits per heavy atom. The molecule has 0 spiro atoms. The normalized spacial score (nSPS) is 13.2. The van der Waals surface area contributed by atoms with Crippen LogP contribution in [0.3, 0.4) is 0 Å². The van der Waals surface area contributed by atoms with Gasteiger partial charge in [0.25, 0.3) is 0 Å². The van der Waals surface area contributed by atoms with E-state index in [1.54, 1.807) is 0 Å². The van der Waals surface area contributed by atoms with Crippen LogP contribution in [-0.4, -0.2) is 22.0 Å². The molecule has 0 bridgehead atoms. The molecule has 1 aromatic carbocycles. The van der Waals surface area contributed by atoms with Crippen LogP contribution >= 0.6 is 11.8 Å². The first-order chi connectivity index (χ1) is 7.31. The molecule has 0 unspecified atom stereocenters. The summed E-state index contributed by atoms with van der Waals surface area (Å²) in [7, 11) is 0. The van der Waals surface area contributed by atoms with E-state index in [9.17, 15) is 0 Å². The molecule has 80 valence electrons. The standard InChI is InChI=1S/C11H15N3S/c1-15-7-6-8(12)11-13-9-4-2-3-5-10(9)14-11/h2-5,8H,6-7,12H2,1H3,(H,13,14)/p+1/t8-/m0/s1. The molecule has 0 amide bonds. The fraction of sp³-hybridized carbons (Fsp3) is 0.364. The SMILES string of the molecule is CSCC[C@H]([NH3+])c1nc2ccccc2[nH]1. The van der Waals surface area contributed by atoms with Crippen LogP contribution in [0.5, 0.6) is 0 Å². The second kappa shape index (κ2) is 4.68. The highest BCUT2D eigenvalue weighted by Gasteiger charge is 2.13. The van der Waals surface area contributed by atoms with Crippen molar-refractivity contribution in [2.45, 2.75) is 12.5 Å². The number of para-hydroxylation sites is 2. The lowest BCUT2D eigenvalue weighted by Crippen LogP contribution is -2.54. The molecule has 2 aromatic rings. The largest absolute Gasteiger partial charge is 0.349 e. The average molecular weight is 222 g/mol. The number of thioether (sulfide) groups is 1. The van der Waals surface area contributed by atoms with Crippen LogP contribution in [0.15, 0.2) is 24.3 Å². The minimum atomic E-state index is 0.268. The second-order valence-corrected chi connectivity index (χ2v) is 4.60. The van der Waals surface area contributed by atoms with Gasteiger partial charge in [-0.05, 0) is 24.1 Å². The highest BCUT2D eigenvalue weighted by atomic mass is 32.2. The molecule has 0 aliphatic rings. The molecular formula is C11H16N3S+. The average Bonchev–Trinajstić information content (AvgIpc) is 2.69. The fourth-order valence-corrected chi connectivity index (χ4v) is 2.08. The Bertz CT molecular complexity index is 405. The first-order valence-electron chi connectivity index (χ1n) is 5.08. The molecule has 4 heteroatoms. The van der Waals surface area contributed by atoms with Crippen molar-refractivity contribution in [3.05, 3.63) is 30.1 Å². The maximum atomic E-state index is 4.54. The quantitative estimate of drug-likeness (QED) is 0.825. The number of nitrogens with zero attached hydrogens (tertiary/aromatic N) is 1. The van der Waals surface area contributed by atoms with Gasteiger partial charge < -0.3 is 10.7 Å². The number of quaternary nitrogens is 1. The van der Waals surface area contributed by atoms with Crippen molar-refractivity contribution in [1.82, 2.24) is 9.97 Å². The third kappa shape index (κ3) is 2.33. The van der Waals surface area contributed by atoms with E-state index in [0.29, 0.717) is 0 Å². The van der Waals surface area contributed by atoms with Gasteiger partial charge in [0, 0.05) is 6.42 Å². The Balaban J connectivity index is 2.20. The van der Waals surface area contributed by atoms with Crippen molar-refractivity contribution in [3.8, 4) is 0 Å². The Morgan fingerprint density at radius 1 is 1.47 bits per heavy atom. The molecule has 0 radical (unpaired) electrons. The zero-order valence-electron chi connectivity index (χ0n) is 8.86. The summed E-state index contributed by atoms with van der Waals surface area (Å²) >= 11 is 1.85. The van der Waals surface area contributed by atoms with Crippen LogP contribution in [0, 0.1) is 0 Å². The predicted molar refractivity (Wildman–Crippen MR) is 64.7 cm³/mol. The van der Waals surface area contributed by atoms with Gasteiger partial charge >= 0.3 is 0 Å². The Morgan fingerprint density at radius 2 is 2.27 bits per heavy atom. The number of fused-ring (bicyclic) bond motifs is 1. The summed E-state index contributed by atoms with van der Waals surface area (Å²) in [5, 5.41) is 0. The van der Waals surface area contributed by atoms with Crippen LogP contribution < -0.4 is 5.73 Å². The van der Waals surface area contributed by atoms with E-state index in [2.05, 4.69) is 22.0 Å². The van der Waals surface area contributed by atoms with Crippen molar-refractivity contribution in [3.63, 3.8) is 0 Å². The number of nitrogens with one attached hydrogen (secondary N) is 1. The van der Waals surface area contributed by atoms with Crippen molar-refractivity contribution < 1.29 is 5.73 Å². The summed E-state index contributed by atoms with van der Waals surface area (Å²) in [5.74, 6) is 2.14. The van der Waals surface area contributed by atoms with Gasteiger partial charge in [-0.15, -0.1) is 0 Å². The fourth-order valence-electron chi connectivity index (χ4n) is 1.56. The monoisotopic (exact) mass is 222 g/mol. The molecule has 0 aliphatic heterocycles. The summed E-state index contributed by atoms with van der Waals surface area (Å²) in [6, 6.07) is 8.37. The third-order valence-electron chi connectivity index (χ3n) is 2.46. The Kier molecular flexibility index (Phi) is 3.28. The lowest BCUT2D eigenvalue weighted by molar-refractivity contribution is -0.428. The highest BCUT2D eigenvalue weighted by molar-refractivity contribution is 7.98. The molecule has 15 heavy (non-hydrogen) atoms. The van der Waals surface area contributed by atoms with Crippen molar-refractivity contribution in [2.75, 3.05) is 12.0 Å². The van der Waals surface area contributed by atoms with E-state index >= 15 is 0 Å². The van der Waals surface area contributed by atoms with Gasteiger partial charge in [-0.2, -0.15) is 11.8 Å². The molecule has 2 rings (SSSR count). The summed E-state index contributed by atoms with van der Waals surface area (Å²) in [6.07, 6.45) is 3.19. The highest BCUT2D eigenvalue weighted by Crippen LogP contribution is 2.16. The van der Waals surface area contributed by atoms with E-state index in [1.807, 2.05) is 36.0 Å². The first kappa shape index (κ1) is 10.5. The van der Waals surface area contributed by atoms with Gasteiger partial charge in [0.15, 0.2) is 5.82 Å². The zero-order chi connectivity index (χ0) is 10.7. The van der Waals surface area contributed by atoms with Gasteiger partial charge in [-0.25, -0.2) is 4.98 Å². The minimum absolute atomic E-state index is 0.268. The number of hydrogen-bond acceptors (Lipinski definition) is 2. The number of aromatic amines is 1. The van der Waals surface area contributed by atoms with Gasteiger partial charge in [-0.1, -0.05) is 12.1 Å². The van der Waals surface area contributed by atoms with Crippen LogP contribution in [-0.2, 0) is 0 Å². The molecule has 1 aromatic heterocycles. The lowest BCUT2D eigenvalue weighted by Gasteiger charge is -2.02. The number of imidazole rings is 1. The molecule has 0 fully saturated rings. The lowest BCUT2D eigenvalue weighted by atomic mass is 10.2. The Labute approximate surface area is 93.5 Å². The van der Waals surface area contributed by atoms with Gasteiger partial charge in [0.1, 0.15) is 6.04 Å². The van der Waals surface area contributed by atoms with Crippen molar-refractivity contribution in [1.29, 1.82) is 0 Å². The van der Waals surface area contributed by atoms with Crippen LogP contribution in [0.2, 0.25) is 0 Å². The minimum Gasteiger partial charge on any atom is -0.349 e. The van der Waals surface area contributed by atoms with E-state index in [-0.39, 0.29) is 6.04 Å². The van der Waals surface area contributed by atoms with E-state index < -0.39 is 0 Å². The van der Waals surface area contributed by atoms with Crippen molar-refractivity contribution in [2.24, 2.45) is 0 Å². The van der Waals surface area contributed by atoms with Gasteiger partial charge in [0.2, 0.25) is 0 Å². The summed E-state index contributed by atoms with van der Waals surface area (Å²) in [4.78, 5) is 7.86. The first-order valence-corrected chi connectivity index (χ1v) is 6.47. The Hall–Kier alpha value is -1.00. The van der Waals surface area contributed by atoms with Crippen molar-refractivity contribution >= 4 is 22.8 Å². The smallest absolute Gasteiger partial charge is 0.165 e. The van der Waals surface area contributed by atoms with Crippen LogP contribution in [0.1, 0.15) is 18.3 Å². The topological polar surface area (TPSA) is 56.3 Å². The molecule has 1 atom stereocenters. The zero-order valence-corrected chi connectivity index (χ0v) is 9.68. The van der Waals surface area contributed by atoms with E-state index in [4.69, 9.17) is 0 Å². The van der Waals surface area contributed by atoms with Gasteiger partial charge in [0.05, 0.1) is 11.0 Å². The maximum Gasteiger partial charge on any atom is 0.165 e.